The van der Waals surface area contributed by atoms with Crippen molar-refractivity contribution in [1.82, 2.24) is 5.43 Å². The van der Waals surface area contributed by atoms with Crippen molar-refractivity contribution < 1.29 is 4.79 Å². The molecule has 4 heteroatoms. The summed E-state index contributed by atoms with van der Waals surface area (Å²) in [5, 5.41) is 4.24. The van der Waals surface area contributed by atoms with Crippen LogP contribution < -0.4 is 11.2 Å². The lowest BCUT2D eigenvalue weighted by Crippen LogP contribution is -2.33. The molecule has 1 saturated carbocycles. The van der Waals surface area contributed by atoms with Crippen LogP contribution in [0.4, 0.5) is 4.79 Å². The number of amides is 2. The van der Waals surface area contributed by atoms with E-state index in [0.717, 1.165) is 24.1 Å². The van der Waals surface area contributed by atoms with Crippen LogP contribution in [-0.4, -0.2) is 11.7 Å². The van der Waals surface area contributed by atoms with Gasteiger partial charge < -0.3 is 5.73 Å². The number of allylic oxidation sites excluding steroid dienone is 1. The molecule has 0 saturated heterocycles. The molecule has 112 valence electrons. The Balaban J connectivity index is 2.21. The summed E-state index contributed by atoms with van der Waals surface area (Å²) >= 11 is 0. The lowest BCUT2D eigenvalue weighted by atomic mass is 9.72. The van der Waals surface area contributed by atoms with E-state index in [4.69, 9.17) is 5.73 Å². The summed E-state index contributed by atoms with van der Waals surface area (Å²) in [6, 6.07) is 9.45. The van der Waals surface area contributed by atoms with Gasteiger partial charge in [-0.1, -0.05) is 62.6 Å². The fourth-order valence-electron chi connectivity index (χ4n) is 2.82. The van der Waals surface area contributed by atoms with Gasteiger partial charge in [0.05, 0.1) is 5.71 Å². The molecule has 2 amide bonds. The van der Waals surface area contributed by atoms with Crippen LogP contribution in [0.3, 0.4) is 0 Å². The number of hydrogen-bond donors (Lipinski definition) is 2. The Morgan fingerprint density at radius 1 is 1.24 bits per heavy atom. The second kappa shape index (κ2) is 7.07. The van der Waals surface area contributed by atoms with E-state index in [1.165, 1.54) is 19.3 Å². The number of urea groups is 1. The fraction of sp³-hybridized carbons (Fsp3) is 0.412. The number of carbonyl (C=O) groups is 1. The van der Waals surface area contributed by atoms with E-state index in [9.17, 15) is 4.79 Å². The van der Waals surface area contributed by atoms with Crippen LogP contribution in [0, 0.1) is 5.41 Å². The van der Waals surface area contributed by atoms with Crippen LogP contribution >= 0.6 is 0 Å². The lowest BCUT2D eigenvalue weighted by molar-refractivity contribution is 0.249. The second-order valence-corrected chi connectivity index (χ2v) is 5.84. The van der Waals surface area contributed by atoms with Gasteiger partial charge in [-0.15, -0.1) is 0 Å². The smallest absolute Gasteiger partial charge is 0.332 e. The van der Waals surface area contributed by atoms with Gasteiger partial charge in [-0.3, -0.25) is 0 Å². The first-order valence-electron chi connectivity index (χ1n) is 7.47. The molecule has 0 atom stereocenters. The van der Waals surface area contributed by atoms with Gasteiger partial charge in [-0.05, 0) is 24.5 Å². The maximum Gasteiger partial charge on any atom is 0.332 e. The molecule has 3 N–H and O–H groups in total. The normalized spacial score (nSPS) is 18.6. The van der Waals surface area contributed by atoms with Gasteiger partial charge in [-0.2, -0.15) is 5.10 Å². The first kappa shape index (κ1) is 15.3. The largest absolute Gasteiger partial charge is 0.350 e. The van der Waals surface area contributed by atoms with Crippen LogP contribution in [0.5, 0.6) is 0 Å². The van der Waals surface area contributed by atoms with Crippen molar-refractivity contribution in [2.75, 3.05) is 0 Å². The van der Waals surface area contributed by atoms with Gasteiger partial charge in [0.25, 0.3) is 0 Å². The first-order chi connectivity index (χ1) is 10.1. The summed E-state index contributed by atoms with van der Waals surface area (Å²) < 4.78 is 0. The highest BCUT2D eigenvalue weighted by Crippen LogP contribution is 2.37. The van der Waals surface area contributed by atoms with Crippen molar-refractivity contribution in [1.29, 1.82) is 0 Å². The standard InChI is InChI=1S/C17H23N3O/c1-17(12-6-3-7-13-17)15(19-20-16(18)21)11-10-14-8-4-2-5-9-14/h2,4-5,8-11H,3,6-7,12-13H2,1H3,(H3,18,20,21)/b11-10+,19-15-. The maximum atomic E-state index is 10.9. The zero-order valence-electron chi connectivity index (χ0n) is 12.5. The average Bonchev–Trinajstić information content (AvgIpc) is 2.48. The molecule has 0 aliphatic heterocycles. The monoisotopic (exact) mass is 285 g/mol. The molecule has 4 nitrogen and oxygen atoms in total. The molecule has 0 aromatic heterocycles. The molecule has 0 bridgehead atoms. The zero-order valence-corrected chi connectivity index (χ0v) is 12.5. The molecule has 0 unspecified atom stereocenters. The minimum absolute atomic E-state index is 0.00593. The highest BCUT2D eigenvalue weighted by molar-refractivity contribution is 6.02. The topological polar surface area (TPSA) is 67.5 Å². The number of hydrazone groups is 1. The average molecular weight is 285 g/mol. The number of primary amides is 1. The number of rotatable bonds is 4. The van der Waals surface area contributed by atoms with E-state index >= 15 is 0 Å². The molecule has 21 heavy (non-hydrogen) atoms. The van der Waals surface area contributed by atoms with E-state index in [0.29, 0.717) is 0 Å². The summed E-state index contributed by atoms with van der Waals surface area (Å²) in [7, 11) is 0. The predicted octanol–water partition coefficient (Wildman–Crippen LogP) is 3.69. The van der Waals surface area contributed by atoms with Crippen molar-refractivity contribution in [3.8, 4) is 0 Å². The summed E-state index contributed by atoms with van der Waals surface area (Å²) in [4.78, 5) is 10.9. The lowest BCUT2D eigenvalue weighted by Gasteiger charge is -2.33. The number of hydrogen-bond acceptors (Lipinski definition) is 2. The van der Waals surface area contributed by atoms with Gasteiger partial charge >= 0.3 is 6.03 Å². The zero-order chi connectivity index (χ0) is 15.1. The Kier molecular flexibility index (Phi) is 5.14. The SMILES string of the molecule is CC1(C(/C=C/c2ccccc2)=N\NC(N)=O)CCCCC1. The molecular weight excluding hydrogens is 262 g/mol. The molecular formula is C17H23N3O. The Morgan fingerprint density at radius 2 is 1.90 bits per heavy atom. The highest BCUT2D eigenvalue weighted by atomic mass is 16.2. The van der Waals surface area contributed by atoms with Crippen LogP contribution in [0.15, 0.2) is 41.5 Å². The van der Waals surface area contributed by atoms with Crippen molar-refractivity contribution in [3.63, 3.8) is 0 Å². The minimum atomic E-state index is -0.625. The summed E-state index contributed by atoms with van der Waals surface area (Å²) in [6.07, 6.45) is 9.87. The van der Waals surface area contributed by atoms with Gasteiger partial charge in [0, 0.05) is 5.41 Å². The molecule has 1 aliphatic rings. The molecule has 0 radical (unpaired) electrons. The van der Waals surface area contributed by atoms with E-state index in [2.05, 4.69) is 17.5 Å². The molecule has 2 rings (SSSR count). The predicted molar refractivity (Wildman–Crippen MR) is 86.8 cm³/mol. The van der Waals surface area contributed by atoms with E-state index < -0.39 is 6.03 Å². The highest BCUT2D eigenvalue weighted by Gasteiger charge is 2.31. The third-order valence-corrected chi connectivity index (χ3v) is 4.10. The molecule has 1 aliphatic carbocycles. The molecule has 0 heterocycles. The van der Waals surface area contributed by atoms with Crippen LogP contribution in [0.25, 0.3) is 6.08 Å². The van der Waals surface area contributed by atoms with E-state index in [-0.39, 0.29) is 5.41 Å². The molecule has 1 aromatic rings. The Labute approximate surface area is 126 Å². The third-order valence-electron chi connectivity index (χ3n) is 4.10. The second-order valence-electron chi connectivity index (χ2n) is 5.84. The van der Waals surface area contributed by atoms with Gasteiger partial charge in [0.15, 0.2) is 0 Å². The van der Waals surface area contributed by atoms with Crippen LogP contribution in [0.1, 0.15) is 44.6 Å². The fourth-order valence-corrected chi connectivity index (χ4v) is 2.82. The Hall–Kier alpha value is -2.10. The van der Waals surface area contributed by atoms with Crippen molar-refractivity contribution >= 4 is 17.8 Å². The van der Waals surface area contributed by atoms with Crippen LogP contribution in [0.2, 0.25) is 0 Å². The van der Waals surface area contributed by atoms with Gasteiger partial charge in [0.1, 0.15) is 0 Å². The number of nitrogens with zero attached hydrogens (tertiary/aromatic N) is 1. The summed E-state index contributed by atoms with van der Waals surface area (Å²) in [5.41, 5.74) is 9.53. The Morgan fingerprint density at radius 3 is 2.52 bits per heavy atom. The number of nitrogens with one attached hydrogen (secondary N) is 1. The third kappa shape index (κ3) is 4.45. The van der Waals surface area contributed by atoms with E-state index in [1.807, 2.05) is 42.5 Å². The quantitative estimate of drug-likeness (QED) is 0.643. The van der Waals surface area contributed by atoms with Crippen molar-refractivity contribution in [2.24, 2.45) is 16.3 Å². The molecule has 0 spiro atoms. The van der Waals surface area contributed by atoms with Gasteiger partial charge in [0.2, 0.25) is 0 Å². The number of carbonyl (C=O) groups excluding carboxylic acids is 1. The van der Waals surface area contributed by atoms with E-state index in [1.54, 1.807) is 0 Å². The van der Waals surface area contributed by atoms with Gasteiger partial charge in [-0.25, -0.2) is 10.2 Å². The maximum absolute atomic E-state index is 10.9. The minimum Gasteiger partial charge on any atom is -0.350 e. The van der Waals surface area contributed by atoms with Crippen LogP contribution in [-0.2, 0) is 0 Å². The van der Waals surface area contributed by atoms with Crippen molar-refractivity contribution in [3.05, 3.63) is 42.0 Å². The summed E-state index contributed by atoms with van der Waals surface area (Å²) in [5.74, 6) is 0. The first-order valence-corrected chi connectivity index (χ1v) is 7.47. The molecule has 1 fully saturated rings. The Bertz CT molecular complexity index is 528. The number of nitrogens with two attached hydrogens (primary N) is 1. The summed E-state index contributed by atoms with van der Waals surface area (Å²) in [6.45, 7) is 2.21. The number of benzene rings is 1. The molecule has 1 aromatic carbocycles. The van der Waals surface area contributed by atoms with Crippen molar-refractivity contribution in [2.45, 2.75) is 39.0 Å².